The predicted octanol–water partition coefficient (Wildman–Crippen LogP) is 20.5. The summed E-state index contributed by atoms with van der Waals surface area (Å²) in [5, 5.41) is 4.36. The molecule has 1 aliphatic rings. The Labute approximate surface area is 853 Å². The summed E-state index contributed by atoms with van der Waals surface area (Å²) in [6.07, 6.45) is 8.29. The zero-order chi connectivity index (χ0) is 96.2. The van der Waals surface area contributed by atoms with Crippen LogP contribution in [0.25, 0.3) is 49.7 Å². The normalized spacial score (nSPS) is 12.6. The molecule has 0 aliphatic carbocycles. The van der Waals surface area contributed by atoms with Crippen molar-refractivity contribution in [1.29, 1.82) is 0 Å². The molecule has 13 aromatic rings. The number of H-pyrrole nitrogens is 3. The number of thiazole rings is 3. The number of carbonyl (C=O) groups excluding carboxylic acids is 6. The fraction of sp³-hybridized carbons (Fsp3) is 0.379. The first-order valence-electron chi connectivity index (χ1n) is 43.2. The van der Waals surface area contributed by atoms with Crippen molar-refractivity contribution in [2.75, 3.05) is 54.1 Å². The number of rotatable bonds is 20. The first kappa shape index (κ1) is 115. The van der Waals surface area contributed by atoms with E-state index in [-0.39, 0.29) is 150 Å². The van der Waals surface area contributed by atoms with Crippen LogP contribution in [0.5, 0.6) is 0 Å². The van der Waals surface area contributed by atoms with Crippen molar-refractivity contribution in [1.82, 2.24) is 43.3 Å². The van der Waals surface area contributed by atoms with E-state index in [0.29, 0.717) is 78.3 Å². The zero-order valence-electron chi connectivity index (χ0n) is 80.5. The van der Waals surface area contributed by atoms with Gasteiger partial charge in [0.05, 0.1) is 70.7 Å². The molecule has 1 fully saturated rings. The standard InChI is InChI=1S/C20H14N2O5S.C20H14N2O4S2.C15H30N2.C14H10N2O4S2.C13H20.C12H18.C9H19N.H2O.2Y/c1-27-19(25)12-7-8-13-14(10-12)22-17(21-18(13)24)16(28-20(22)26)15(23)9-11-5-3-2-4-6-11;1-26-19(25)12-7-8-13-14(10-12)22-17(21-18(13)24)16(28-20(22)27)15(23)9-11-5-3-2-4-6-11;1-8-16(9-2)15(6,7)13-10-11-17(12-13)14(3,4)5;1-6(17)10-11-15-12(18)8-4-3-7(13(19)20-2)5-9(8)16(11)14(21)22-10;1-10-6-7-12(11(2)8-10)9-13(3,4)5;1-10-7-5-6-8-11(10)9-12(2,3)4;1-5-6-7-8-10-9(2,3)4;;;/h2*2-8,10H,9H2,1H3,(H,21,24);13H,1-2,8-12H2,3-7H3;3-5H,1-2H3,(H,15,18);6-8H,9H2,1-5H3;5-8H,9H2,1-4H3;7,10H,1,5-6,8H2,2-4H3;1H2;;/q;;-2;;;;-2;;;. The van der Waals surface area contributed by atoms with E-state index in [1.54, 1.807) is 20.9 Å². The average molecular weight is 2050 g/mol. The molecule has 0 amide bonds. The van der Waals surface area contributed by atoms with Crippen molar-refractivity contribution in [3.63, 3.8) is 0 Å². The van der Waals surface area contributed by atoms with Gasteiger partial charge >= 0.3 is 22.8 Å². The van der Waals surface area contributed by atoms with Gasteiger partial charge in [-0.3, -0.25) is 51.7 Å². The quantitative estimate of drug-likeness (QED) is 0.0138. The number of ether oxygens (including phenoxy) is 3. The Morgan fingerprint density at radius 1 is 0.511 bits per heavy atom. The van der Waals surface area contributed by atoms with Gasteiger partial charge in [0, 0.05) is 108 Å². The molecule has 7 aromatic carbocycles. The smallest absolute Gasteiger partial charge is 0.337 e. The van der Waals surface area contributed by atoms with Crippen LogP contribution in [0, 0.1) is 72.6 Å². The Morgan fingerprint density at radius 3 is 1.28 bits per heavy atom. The summed E-state index contributed by atoms with van der Waals surface area (Å²) < 4.78 is 19.5. The van der Waals surface area contributed by atoms with Crippen LogP contribution in [-0.4, -0.2) is 149 Å². The second-order valence-corrected chi connectivity index (χ2v) is 41.3. The Bertz CT molecular complexity index is 6380. The van der Waals surface area contributed by atoms with Gasteiger partial charge in [-0.1, -0.05) is 184 Å². The van der Waals surface area contributed by atoms with Crippen molar-refractivity contribution in [3.05, 3.63) is 304 Å². The van der Waals surface area contributed by atoms with Crippen molar-refractivity contribution in [2.45, 2.75) is 186 Å². The van der Waals surface area contributed by atoms with Crippen LogP contribution in [-0.2, 0) is 105 Å². The SMILES string of the molecule is COC(=O)c1ccc2c(=O)[nH]c3c(C(=O)Cc4ccccc4)sc(=O)n3c2c1.COC(=O)c1ccc2c(=O)[nH]c3c(C(=O)Cc4ccccc4)sc(=S)n3c2c1.COC(=O)c1ccc2c(=O)[nH]c3c(C(C)=O)sc(=S)n3c2c1.Cc1ccc(CC(C)(C)C)c(C)c1.Cc1ccccc1CC(C)(C)C.O.[CH2-]CC[CH-]CNC(C)(C)C.[CH2-]CN(C[CH2-])C(C)(C)C1CCN(C(C)(C)C)C1.[Y].[Y]. The minimum absolute atomic E-state index is 0. The van der Waals surface area contributed by atoms with Gasteiger partial charge in [-0.2, -0.15) is 0 Å². The molecule has 0 bridgehead atoms. The number of nitrogens with zero attached hydrogens (tertiary/aromatic N) is 5. The minimum atomic E-state index is -0.584. The molecule has 1 atom stereocenters. The first-order chi connectivity index (χ1) is 61.1. The summed E-state index contributed by atoms with van der Waals surface area (Å²) in [5.41, 5.74) is 12.0. The third-order valence-corrected chi connectivity index (χ3v) is 25.8. The third-order valence-electron chi connectivity index (χ3n) is 22.0. The number of likely N-dealkylation sites (tertiary alicyclic amines) is 1. The molecule has 7 heterocycles. The van der Waals surface area contributed by atoms with E-state index < -0.39 is 28.3 Å². The van der Waals surface area contributed by atoms with Gasteiger partial charge in [-0.15, -0.1) is 19.6 Å². The fourth-order valence-corrected chi connectivity index (χ4v) is 18.4. The molecule has 1 saturated heterocycles. The zero-order valence-corrected chi connectivity index (χ0v) is 90.3. The number of unbranched alkanes of at least 4 members (excludes halogenated alkanes) is 2. The van der Waals surface area contributed by atoms with Crippen LogP contribution in [0.2, 0.25) is 0 Å². The molecule has 0 saturated carbocycles. The largest absolute Gasteiger partial charge is 0.465 e. The van der Waals surface area contributed by atoms with Gasteiger partial charge in [0.2, 0.25) is 0 Å². The van der Waals surface area contributed by atoms with E-state index in [1.807, 2.05) is 60.7 Å². The second-order valence-electron chi connectivity index (χ2n) is 37.0. The van der Waals surface area contributed by atoms with Crippen molar-refractivity contribution >= 4 is 143 Å². The Morgan fingerprint density at radius 2 is 0.902 bits per heavy atom. The van der Waals surface area contributed by atoms with Crippen LogP contribution in [0.3, 0.4) is 0 Å². The average Bonchev–Trinajstić information content (AvgIpc) is 1.62. The topological polar surface area (TPSA) is 309 Å². The summed E-state index contributed by atoms with van der Waals surface area (Å²) >= 11 is 13.8. The first-order valence-corrected chi connectivity index (χ1v) is 46.5. The number of aryl methyl sites for hydroxylation is 3. The maximum absolute atomic E-state index is 12.9. The predicted molar refractivity (Wildman–Crippen MR) is 541 cm³/mol. The molecule has 1 unspecified atom stereocenters. The van der Waals surface area contributed by atoms with Gasteiger partial charge in [0.25, 0.3) is 16.7 Å². The van der Waals surface area contributed by atoms with Crippen molar-refractivity contribution in [2.24, 2.45) is 16.7 Å². The number of hydrogen-bond donors (Lipinski definition) is 4. The number of aromatic nitrogens is 6. The molecule has 1 aliphatic heterocycles. The summed E-state index contributed by atoms with van der Waals surface area (Å²) in [7, 11) is 3.82. The number of aromatic amines is 3. The summed E-state index contributed by atoms with van der Waals surface area (Å²) in [4.78, 5) is 136. The monoisotopic (exact) mass is 2050 g/mol. The number of nitrogens with one attached hydrogen (secondary N) is 4. The van der Waals surface area contributed by atoms with Gasteiger partial charge < -0.3 is 72.0 Å². The molecule has 0 spiro atoms. The molecule has 23 nitrogen and oxygen atoms in total. The van der Waals surface area contributed by atoms with Gasteiger partial charge in [0.15, 0.2) is 25.3 Å². The molecule has 30 heteroatoms. The molecule has 2 radical (unpaired) electrons. The number of ketones is 3. The maximum atomic E-state index is 12.9. The molecule has 6 N–H and O–H groups in total. The van der Waals surface area contributed by atoms with Gasteiger partial charge in [-0.25, -0.2) is 27.2 Å². The number of esters is 3. The van der Waals surface area contributed by atoms with Crippen LogP contribution < -0.4 is 26.9 Å². The van der Waals surface area contributed by atoms with Gasteiger partial charge in [0.1, 0.15) is 31.6 Å². The minimum Gasteiger partial charge on any atom is -0.465 e. The fourth-order valence-electron chi connectivity index (χ4n) is 15.0. The van der Waals surface area contributed by atoms with E-state index in [0.717, 1.165) is 83.5 Å². The maximum Gasteiger partial charge on any atom is 0.337 e. The molecular formula is C103H127N9O14S5Y2-4. The summed E-state index contributed by atoms with van der Waals surface area (Å²) in [5.74, 6) is -1.47. The Kier molecular flexibility index (Phi) is 44.2. The summed E-state index contributed by atoms with van der Waals surface area (Å²) in [6.45, 7) is 56.7. The number of methoxy groups -OCH3 is 3. The molecule has 6 aromatic heterocycles. The number of benzene rings is 7. The number of hydrogen-bond acceptors (Lipinski definition) is 21. The van der Waals surface area contributed by atoms with E-state index in [1.165, 1.54) is 135 Å². The number of fused-ring (bicyclic) bond motifs is 9. The van der Waals surface area contributed by atoms with Crippen LogP contribution in [0.15, 0.2) is 177 Å². The van der Waals surface area contributed by atoms with E-state index in [2.05, 4.69) is 222 Å². The van der Waals surface area contributed by atoms with Crippen molar-refractivity contribution < 1.29 is 114 Å². The van der Waals surface area contributed by atoms with E-state index in [9.17, 15) is 47.9 Å². The van der Waals surface area contributed by atoms with E-state index >= 15 is 0 Å². The molecule has 708 valence electrons. The molecule has 133 heavy (non-hydrogen) atoms. The van der Waals surface area contributed by atoms with Gasteiger partial charge in [-0.05, 0) is 231 Å². The molecular weight excluding hydrogens is 1930 g/mol. The van der Waals surface area contributed by atoms with Crippen molar-refractivity contribution in [3.8, 4) is 0 Å². The third kappa shape index (κ3) is 31.5. The van der Waals surface area contributed by atoms with Crippen LogP contribution in [0.4, 0.5) is 0 Å². The second kappa shape index (κ2) is 51.1. The Balaban J connectivity index is 0.000000282. The Hall–Kier alpha value is -8.45. The molecule has 14 rings (SSSR count). The number of Topliss-reactive ketones (excluding diaryl/α,β-unsaturated/α-hetero) is 3. The van der Waals surface area contributed by atoms with E-state index in [4.69, 9.17) is 33.9 Å². The van der Waals surface area contributed by atoms with Crippen LogP contribution in [0.1, 0.15) is 222 Å². The number of carbonyl (C=O) groups is 6. The van der Waals surface area contributed by atoms with Crippen LogP contribution >= 0.6 is 58.4 Å². The summed E-state index contributed by atoms with van der Waals surface area (Å²) in [6, 6.07) is 47.4.